The van der Waals surface area contributed by atoms with Gasteiger partial charge in [0.05, 0.1) is 10.6 Å². The van der Waals surface area contributed by atoms with Crippen LogP contribution in [0.4, 0.5) is 8.78 Å². The number of rotatable bonds is 9. The van der Waals surface area contributed by atoms with Crippen molar-refractivity contribution >= 4 is 33.0 Å². The fourth-order valence-electron chi connectivity index (χ4n) is 3.92. The molecule has 1 saturated carbocycles. The number of nitrogens with one attached hydrogen (secondary N) is 1. The quantitative estimate of drug-likeness (QED) is 0.304. The number of sulfonamides is 1. The Kier molecular flexibility index (Phi) is 6.29. The van der Waals surface area contributed by atoms with Gasteiger partial charge in [0.15, 0.2) is 5.76 Å². The van der Waals surface area contributed by atoms with Crippen molar-refractivity contribution < 1.29 is 31.9 Å². The third kappa shape index (κ3) is 4.20. The fourth-order valence-corrected chi connectivity index (χ4v) is 6.67. The van der Waals surface area contributed by atoms with E-state index >= 15 is 0 Å². The lowest BCUT2D eigenvalue weighted by Crippen LogP contribution is -2.48. The van der Waals surface area contributed by atoms with E-state index in [2.05, 4.69) is 21.3 Å². The Morgan fingerprint density at radius 1 is 1.27 bits per heavy atom. The maximum Gasteiger partial charge on any atom is 0.326 e. The largest absolute Gasteiger partial charge is 0.480 e. The minimum Gasteiger partial charge on any atom is -0.480 e. The van der Waals surface area contributed by atoms with Gasteiger partial charge in [-0.2, -0.15) is 13.5 Å². The van der Waals surface area contributed by atoms with Crippen LogP contribution in [-0.4, -0.2) is 36.7 Å². The van der Waals surface area contributed by atoms with Crippen molar-refractivity contribution in [3.63, 3.8) is 0 Å². The van der Waals surface area contributed by atoms with Crippen LogP contribution in [0.3, 0.4) is 0 Å². The number of nitrogens with zero attached hydrogens (tertiary/aromatic N) is 1. The molecule has 0 aliphatic heterocycles. The van der Waals surface area contributed by atoms with Gasteiger partial charge in [0.25, 0.3) is 10.0 Å². The van der Waals surface area contributed by atoms with Gasteiger partial charge in [-0.3, -0.25) is 4.79 Å². The Labute approximate surface area is 194 Å². The number of hydrogen-bond acceptors (Lipinski definition) is 6. The summed E-state index contributed by atoms with van der Waals surface area (Å²) in [5.41, 5.74) is -1.81. The molecule has 0 radical (unpaired) electrons. The number of aliphatic carboxylic acids is 1. The van der Waals surface area contributed by atoms with Crippen LogP contribution in [0.2, 0.25) is 0 Å². The minimum atomic E-state index is -4.23. The first-order valence-electron chi connectivity index (χ1n) is 9.90. The van der Waals surface area contributed by atoms with E-state index in [1.54, 1.807) is 44.2 Å². The molecule has 0 bridgehead atoms. The zero-order chi connectivity index (χ0) is 24.8. The monoisotopic (exact) mass is 498 g/mol. The number of benzene rings is 1. The van der Waals surface area contributed by atoms with Crippen LogP contribution in [0.15, 0.2) is 64.2 Å². The molecule has 3 atom stereocenters. The van der Waals surface area contributed by atoms with Crippen molar-refractivity contribution in [2.24, 2.45) is 11.1 Å². The first-order valence-corrected chi connectivity index (χ1v) is 12.2. The van der Waals surface area contributed by atoms with Crippen LogP contribution in [0, 0.1) is 5.92 Å². The zero-order valence-corrected chi connectivity index (χ0v) is 20.1. The van der Waals surface area contributed by atoms with E-state index in [1.807, 2.05) is 0 Å². The minimum absolute atomic E-state index is 0.137. The van der Waals surface area contributed by atoms with Crippen LogP contribution in [0.1, 0.15) is 38.1 Å². The van der Waals surface area contributed by atoms with Gasteiger partial charge in [-0.1, -0.05) is 55.9 Å². The average molecular weight is 499 g/mol. The Bertz CT molecular complexity index is 1220. The van der Waals surface area contributed by atoms with E-state index in [-0.39, 0.29) is 9.92 Å². The molecule has 178 valence electrons. The predicted octanol–water partition coefficient (Wildman–Crippen LogP) is 4.37. The highest BCUT2D eigenvalue weighted by atomic mass is 32.2. The molecule has 1 aliphatic carbocycles. The van der Waals surface area contributed by atoms with Crippen LogP contribution in [0.5, 0.6) is 0 Å². The lowest BCUT2D eigenvalue weighted by molar-refractivity contribution is -0.141. The van der Waals surface area contributed by atoms with Gasteiger partial charge in [-0.25, -0.2) is 8.42 Å². The number of alkyl halides is 2. The summed E-state index contributed by atoms with van der Waals surface area (Å²) in [6, 6.07) is 11.6. The summed E-state index contributed by atoms with van der Waals surface area (Å²) >= 11 is 0.813. The molecule has 3 rings (SSSR count). The number of hydrogen-bond donors (Lipinski definition) is 2. The Balaban J connectivity index is 1.87. The molecule has 1 heterocycles. The van der Waals surface area contributed by atoms with Gasteiger partial charge in [0.2, 0.25) is 0 Å². The average Bonchev–Trinajstić information content (AvgIpc) is 3.09. The summed E-state index contributed by atoms with van der Waals surface area (Å²) in [7, 11) is -4.23. The SMILES string of the molecule is C=C(O/N=C(\C)c1ccc(S(=O)(=O)NC2(C(=O)O)C(C)C2(C)c2ccccc2)s1)C(C)(F)F. The number of allylic oxidation sites excluding steroid dienone is 1. The van der Waals surface area contributed by atoms with Crippen molar-refractivity contribution in [1.82, 2.24) is 4.72 Å². The molecule has 33 heavy (non-hydrogen) atoms. The second-order valence-corrected chi connectivity index (χ2v) is 11.2. The molecule has 7 nitrogen and oxygen atoms in total. The maximum atomic E-state index is 13.1. The molecule has 1 aliphatic rings. The molecule has 2 N–H and O–H groups in total. The van der Waals surface area contributed by atoms with Gasteiger partial charge >= 0.3 is 11.9 Å². The molecule has 3 unspecified atom stereocenters. The highest BCUT2D eigenvalue weighted by Crippen LogP contribution is 2.63. The summed E-state index contributed by atoms with van der Waals surface area (Å²) in [5, 5.41) is 13.6. The zero-order valence-electron chi connectivity index (χ0n) is 18.4. The van der Waals surface area contributed by atoms with Gasteiger partial charge in [-0.05, 0) is 30.5 Å². The van der Waals surface area contributed by atoms with Crippen molar-refractivity contribution in [2.45, 2.75) is 48.8 Å². The van der Waals surface area contributed by atoms with Crippen LogP contribution in [-0.2, 0) is 25.1 Å². The third-order valence-electron chi connectivity index (χ3n) is 6.24. The van der Waals surface area contributed by atoms with Crippen LogP contribution in [0.25, 0.3) is 0 Å². The van der Waals surface area contributed by atoms with Gasteiger partial charge in [0.1, 0.15) is 9.75 Å². The third-order valence-corrected chi connectivity index (χ3v) is 9.40. The Hall–Kier alpha value is -2.63. The highest BCUT2D eigenvalue weighted by molar-refractivity contribution is 7.91. The first kappa shape index (κ1) is 25.0. The molecule has 0 amide bonds. The lowest BCUT2D eigenvalue weighted by Gasteiger charge is -2.20. The highest BCUT2D eigenvalue weighted by Gasteiger charge is 2.78. The molecule has 0 saturated heterocycles. The topological polar surface area (TPSA) is 105 Å². The number of carboxylic acids is 1. The van der Waals surface area contributed by atoms with E-state index in [0.717, 1.165) is 11.3 Å². The fraction of sp³-hybridized carbons (Fsp3) is 0.364. The number of carboxylic acid groups (broad SMARTS) is 1. The maximum absolute atomic E-state index is 13.1. The Morgan fingerprint density at radius 2 is 1.88 bits per heavy atom. The predicted molar refractivity (Wildman–Crippen MR) is 121 cm³/mol. The number of halogens is 2. The van der Waals surface area contributed by atoms with Crippen LogP contribution < -0.4 is 4.72 Å². The molecule has 2 aromatic rings. The second kappa shape index (κ2) is 8.30. The van der Waals surface area contributed by atoms with Crippen molar-refractivity contribution in [3.8, 4) is 0 Å². The molecule has 0 spiro atoms. The molecule has 1 fully saturated rings. The van der Waals surface area contributed by atoms with Gasteiger partial charge in [-0.15, -0.1) is 11.3 Å². The normalized spacial score (nSPS) is 25.5. The van der Waals surface area contributed by atoms with Gasteiger partial charge in [0, 0.05) is 12.3 Å². The van der Waals surface area contributed by atoms with Crippen molar-refractivity contribution in [2.75, 3.05) is 0 Å². The van der Waals surface area contributed by atoms with E-state index in [0.29, 0.717) is 17.4 Å². The van der Waals surface area contributed by atoms with Crippen molar-refractivity contribution in [1.29, 1.82) is 0 Å². The van der Waals surface area contributed by atoms with E-state index in [9.17, 15) is 27.1 Å². The summed E-state index contributed by atoms with van der Waals surface area (Å²) < 4.78 is 54.9. The van der Waals surface area contributed by atoms with E-state index in [1.165, 1.54) is 19.1 Å². The summed E-state index contributed by atoms with van der Waals surface area (Å²) in [5.74, 6) is -5.92. The summed E-state index contributed by atoms with van der Waals surface area (Å²) in [6.45, 7) is 8.59. The number of thiophene rings is 1. The first-order chi connectivity index (χ1) is 15.2. The van der Waals surface area contributed by atoms with Crippen LogP contribution >= 0.6 is 11.3 Å². The summed E-state index contributed by atoms with van der Waals surface area (Å²) in [6.07, 6.45) is 0. The second-order valence-electron chi connectivity index (χ2n) is 8.21. The number of carbonyl (C=O) groups is 1. The smallest absolute Gasteiger partial charge is 0.326 e. The standard InChI is InChI=1S/C22H24F2N2O5S2/c1-13(25-31-15(3)21(5,23)24)17-11-12-18(32-17)33(29,30)26-22(19(27)28)14(2)20(22,4)16-9-7-6-8-10-16/h6-12,14,26H,3H2,1-2,4-5H3,(H,27,28)/b25-13+. The molecular formula is C22H24F2N2O5S2. The summed E-state index contributed by atoms with van der Waals surface area (Å²) in [4.78, 5) is 17.3. The van der Waals surface area contributed by atoms with Crippen molar-refractivity contribution in [3.05, 3.63) is 65.2 Å². The van der Waals surface area contributed by atoms with E-state index in [4.69, 9.17) is 0 Å². The number of oxime groups is 1. The van der Waals surface area contributed by atoms with Gasteiger partial charge < -0.3 is 9.94 Å². The lowest BCUT2D eigenvalue weighted by atomic mass is 9.92. The molecule has 1 aromatic heterocycles. The van der Waals surface area contributed by atoms with E-state index < -0.39 is 44.5 Å². The molecule has 11 heteroatoms. The molecular weight excluding hydrogens is 474 g/mol. The Morgan fingerprint density at radius 3 is 2.42 bits per heavy atom. The molecule has 1 aromatic carbocycles.